The molecule has 0 amide bonds. The highest BCUT2D eigenvalue weighted by atomic mass is 127. The van der Waals surface area contributed by atoms with Gasteiger partial charge in [-0.25, -0.2) is 0 Å². The number of hydrogen-bond donors (Lipinski definition) is 3. The zero-order valence-corrected chi connectivity index (χ0v) is 10.6. The van der Waals surface area contributed by atoms with Crippen molar-refractivity contribution in [2.45, 2.75) is 17.0 Å². The molecule has 5 nitrogen and oxygen atoms in total. The molecule has 0 aliphatic heterocycles. The number of halogens is 4. The number of alkyl halides is 4. The third-order valence-corrected chi connectivity index (χ3v) is 2.06. The summed E-state index contributed by atoms with van der Waals surface area (Å²) >= 11 is 1.30. The Kier molecular flexibility index (Phi) is 6.51. The molecule has 0 aromatic heterocycles. The van der Waals surface area contributed by atoms with E-state index in [2.05, 4.69) is 10.1 Å². The van der Waals surface area contributed by atoms with E-state index in [0.717, 1.165) is 0 Å². The first-order valence-corrected chi connectivity index (χ1v) is 5.38. The van der Waals surface area contributed by atoms with E-state index in [1.807, 2.05) is 0 Å². The lowest BCUT2D eigenvalue weighted by Crippen LogP contribution is -2.55. The molecule has 1 unspecified atom stereocenters. The third-order valence-electron chi connectivity index (χ3n) is 1.30. The lowest BCUT2D eigenvalue weighted by atomic mass is 10.6. The van der Waals surface area contributed by atoms with Crippen LogP contribution in [0.15, 0.2) is 0 Å². The summed E-state index contributed by atoms with van der Waals surface area (Å²) in [6.45, 7) is -0.00732. The van der Waals surface area contributed by atoms with E-state index in [1.54, 1.807) is 12.2 Å². The van der Waals surface area contributed by atoms with Crippen LogP contribution in [0.5, 0.6) is 0 Å². The Labute approximate surface area is 104 Å². The first kappa shape index (κ1) is 15.9. The number of nitrogens with one attached hydrogen (secondary N) is 2. The molecule has 0 aliphatic carbocycles. The van der Waals surface area contributed by atoms with Crippen molar-refractivity contribution in [3.8, 4) is 0 Å². The van der Waals surface area contributed by atoms with Gasteiger partial charge in [0, 0.05) is 0 Å². The van der Waals surface area contributed by atoms with Crippen molar-refractivity contribution in [3.63, 3.8) is 0 Å². The van der Waals surface area contributed by atoms with Gasteiger partial charge in [-0.1, -0.05) is 0 Å². The molecular weight excluding hydrogens is 344 g/mol. The minimum Gasteiger partial charge on any atom is -0.465 e. The lowest BCUT2D eigenvalue weighted by Gasteiger charge is -2.24. The van der Waals surface area contributed by atoms with Gasteiger partial charge in [0.2, 0.25) is 3.86 Å². The maximum Gasteiger partial charge on any atom is 0.401 e. The average molecular weight is 356 g/mol. The summed E-state index contributed by atoms with van der Waals surface area (Å²) < 4.78 is 37.9. The van der Waals surface area contributed by atoms with E-state index in [1.165, 1.54) is 22.6 Å². The molecule has 0 saturated heterocycles. The number of rotatable bonds is 6. The molecule has 0 aromatic rings. The first-order chi connectivity index (χ1) is 7.16. The summed E-state index contributed by atoms with van der Waals surface area (Å²) in [5.41, 5.74) is 0. The van der Waals surface area contributed by atoms with Gasteiger partial charge in [-0.05, 0) is 29.5 Å². The average Bonchev–Trinajstić information content (AvgIpc) is 2.12. The number of esters is 1. The Balaban J connectivity index is 3.91. The molecule has 0 bridgehead atoms. The number of aliphatic hydroxyl groups is 1. The largest absolute Gasteiger partial charge is 0.465 e. The van der Waals surface area contributed by atoms with Crippen molar-refractivity contribution < 1.29 is 27.8 Å². The van der Waals surface area contributed by atoms with E-state index < -0.39 is 29.1 Å². The molecule has 0 saturated carbocycles. The van der Waals surface area contributed by atoms with E-state index in [4.69, 9.17) is 0 Å². The molecule has 3 N–H and O–H groups in total. The van der Waals surface area contributed by atoms with Crippen LogP contribution in [0.25, 0.3) is 0 Å². The van der Waals surface area contributed by atoms with Crippen LogP contribution in [0.3, 0.4) is 0 Å². The molecule has 0 radical (unpaired) electrons. The monoisotopic (exact) mass is 356 g/mol. The molecule has 16 heavy (non-hydrogen) atoms. The molecule has 0 heterocycles. The van der Waals surface area contributed by atoms with Crippen molar-refractivity contribution in [2.24, 2.45) is 0 Å². The maximum atomic E-state index is 11.8. The van der Waals surface area contributed by atoms with Crippen molar-refractivity contribution >= 4 is 28.6 Å². The Morgan fingerprint density at radius 3 is 2.44 bits per heavy atom. The number of carbonyl (C=O) groups excluding carboxylic acids is 1. The predicted octanol–water partition coefficient (Wildman–Crippen LogP) is 0.330. The van der Waals surface area contributed by atoms with Crippen LogP contribution in [0.2, 0.25) is 0 Å². The number of hydrogen-bond acceptors (Lipinski definition) is 5. The van der Waals surface area contributed by atoms with E-state index in [9.17, 15) is 23.1 Å². The van der Waals surface area contributed by atoms with Gasteiger partial charge in [0.1, 0.15) is 0 Å². The highest BCUT2D eigenvalue weighted by Crippen LogP contribution is 2.15. The van der Waals surface area contributed by atoms with Crippen LogP contribution >= 0.6 is 22.6 Å². The SMILES string of the molecule is CCOC(=O)CNC(O)(I)NCC(F)(F)F. The van der Waals surface area contributed by atoms with Gasteiger partial charge in [0.25, 0.3) is 0 Å². The fourth-order valence-electron chi connectivity index (χ4n) is 0.681. The molecule has 0 fully saturated rings. The topological polar surface area (TPSA) is 70.6 Å². The summed E-state index contributed by atoms with van der Waals surface area (Å²) in [5.74, 6) is -0.661. The number of ether oxygens (including phenoxy) is 1. The second-order valence-corrected chi connectivity index (χ2v) is 4.31. The molecule has 0 rings (SSSR count). The minimum atomic E-state index is -4.44. The van der Waals surface area contributed by atoms with Crippen LogP contribution in [0.4, 0.5) is 13.2 Å². The maximum absolute atomic E-state index is 11.8. The molecule has 9 heteroatoms. The van der Waals surface area contributed by atoms with E-state index in [0.29, 0.717) is 0 Å². The standard InChI is InChI=1S/C7H12F3IN2O3/c1-2-16-5(14)3-12-7(11,15)13-4-6(8,9)10/h12-13,15H,2-4H2,1H3. The quantitative estimate of drug-likeness (QED) is 0.210. The van der Waals surface area contributed by atoms with Crippen molar-refractivity contribution in [2.75, 3.05) is 19.7 Å². The van der Waals surface area contributed by atoms with Gasteiger partial charge in [0.05, 0.1) is 19.7 Å². The minimum absolute atomic E-state index is 0.163. The van der Waals surface area contributed by atoms with Crippen LogP contribution in [0.1, 0.15) is 6.92 Å². The van der Waals surface area contributed by atoms with E-state index >= 15 is 0 Å². The van der Waals surface area contributed by atoms with Gasteiger partial charge in [-0.2, -0.15) is 13.2 Å². The van der Waals surface area contributed by atoms with Gasteiger partial charge in [0.15, 0.2) is 0 Å². The van der Waals surface area contributed by atoms with Gasteiger partial charge in [-0.15, -0.1) is 0 Å². The van der Waals surface area contributed by atoms with Crippen LogP contribution in [0, 0.1) is 0 Å². The highest BCUT2D eigenvalue weighted by Gasteiger charge is 2.32. The van der Waals surface area contributed by atoms with Gasteiger partial charge >= 0.3 is 12.1 Å². The van der Waals surface area contributed by atoms with Gasteiger partial charge < -0.3 is 9.84 Å². The molecule has 0 aliphatic rings. The molecular formula is C7H12F3IN2O3. The van der Waals surface area contributed by atoms with Crippen LogP contribution in [-0.2, 0) is 9.53 Å². The van der Waals surface area contributed by atoms with E-state index in [-0.39, 0.29) is 6.61 Å². The molecule has 1 atom stereocenters. The highest BCUT2D eigenvalue weighted by molar-refractivity contribution is 14.1. The zero-order chi connectivity index (χ0) is 12.8. The fraction of sp³-hybridized carbons (Fsp3) is 0.857. The van der Waals surface area contributed by atoms with Crippen LogP contribution < -0.4 is 10.6 Å². The van der Waals surface area contributed by atoms with Crippen molar-refractivity contribution in [1.29, 1.82) is 0 Å². The predicted molar refractivity (Wildman–Crippen MR) is 57.7 cm³/mol. The molecule has 96 valence electrons. The Bertz CT molecular complexity index is 235. The van der Waals surface area contributed by atoms with Crippen molar-refractivity contribution in [1.82, 2.24) is 10.6 Å². The lowest BCUT2D eigenvalue weighted by molar-refractivity contribution is -0.144. The smallest absolute Gasteiger partial charge is 0.401 e. The Morgan fingerprint density at radius 1 is 1.44 bits per heavy atom. The van der Waals surface area contributed by atoms with Crippen LogP contribution in [-0.4, -0.2) is 40.8 Å². The Hall–Kier alpha value is -0.130. The first-order valence-electron chi connectivity index (χ1n) is 4.30. The second kappa shape index (κ2) is 6.57. The van der Waals surface area contributed by atoms with Crippen molar-refractivity contribution in [3.05, 3.63) is 0 Å². The summed E-state index contributed by atoms with van der Waals surface area (Å²) in [6.07, 6.45) is -4.44. The molecule has 0 aromatic carbocycles. The second-order valence-electron chi connectivity index (χ2n) is 2.75. The Morgan fingerprint density at radius 2 is 2.00 bits per heavy atom. The summed E-state index contributed by atoms with van der Waals surface area (Å²) in [6, 6.07) is 0. The fourth-order valence-corrected chi connectivity index (χ4v) is 1.06. The number of carbonyl (C=O) groups is 1. The zero-order valence-electron chi connectivity index (χ0n) is 8.40. The third kappa shape index (κ3) is 9.12. The summed E-state index contributed by atoms with van der Waals surface area (Å²) in [4.78, 5) is 10.8. The summed E-state index contributed by atoms with van der Waals surface area (Å²) in [7, 11) is 0. The molecule has 0 spiro atoms. The summed E-state index contributed by atoms with van der Waals surface area (Å²) in [5, 5.41) is 13.3. The van der Waals surface area contributed by atoms with Gasteiger partial charge in [-0.3, -0.25) is 15.4 Å². The normalized spacial score (nSPS) is 15.6.